The molecule has 0 unspecified atom stereocenters. The summed E-state index contributed by atoms with van der Waals surface area (Å²) in [5.41, 5.74) is 4.59. The van der Waals surface area contributed by atoms with Gasteiger partial charge in [0.2, 0.25) is 15.9 Å². The Balaban J connectivity index is 1.37. The molecule has 0 bridgehead atoms. The smallest absolute Gasteiger partial charge is 0.250 e. The normalized spacial score (nSPS) is 15.5. The third kappa shape index (κ3) is 5.03. The zero-order chi connectivity index (χ0) is 21.8. The van der Waals surface area contributed by atoms with E-state index in [0.717, 1.165) is 23.2 Å². The second kappa shape index (κ2) is 9.03. The van der Waals surface area contributed by atoms with Crippen LogP contribution >= 0.6 is 11.3 Å². The predicted molar refractivity (Wildman–Crippen MR) is 127 cm³/mol. The van der Waals surface area contributed by atoms with Gasteiger partial charge in [0, 0.05) is 23.6 Å². The molecule has 2 aromatic carbocycles. The van der Waals surface area contributed by atoms with Gasteiger partial charge in [-0.1, -0.05) is 43.3 Å². The largest absolute Gasteiger partial charge is 0.298 e. The number of aromatic nitrogens is 1. The van der Waals surface area contributed by atoms with Crippen LogP contribution in [-0.2, 0) is 21.2 Å². The zero-order valence-electron chi connectivity index (χ0n) is 17.1. The first-order valence-electron chi connectivity index (χ1n) is 10.1. The van der Waals surface area contributed by atoms with Gasteiger partial charge in [-0.2, -0.15) is 0 Å². The maximum absolute atomic E-state index is 12.3. The van der Waals surface area contributed by atoms with Gasteiger partial charge in [0.1, 0.15) is 0 Å². The quantitative estimate of drug-likeness (QED) is 0.555. The zero-order valence-corrected chi connectivity index (χ0v) is 18.7. The molecule has 6 nitrogen and oxygen atoms in total. The van der Waals surface area contributed by atoms with Crippen molar-refractivity contribution in [3.63, 3.8) is 0 Å². The molecule has 0 radical (unpaired) electrons. The number of hydrogen-bond acceptors (Lipinski definition) is 5. The Morgan fingerprint density at radius 1 is 1.16 bits per heavy atom. The maximum atomic E-state index is 12.3. The number of carbonyl (C=O) groups excluding carboxylic acids is 1. The monoisotopic (exact) mass is 453 g/mol. The van der Waals surface area contributed by atoms with E-state index in [1.165, 1.54) is 27.3 Å². The standard InChI is InChI=1S/C23H23N3O3S2/c1-2-17-4-9-19(10-5-17)21-16-30-23(24-21)25-22(27)13-8-18-6-11-20(12-7-18)26-14-3-15-31(26,28)29/h4-13,16H,2-3,14-15H2,1H3,(H,24,25,27)/b13-8+. The van der Waals surface area contributed by atoms with Crippen molar-refractivity contribution in [2.24, 2.45) is 0 Å². The maximum Gasteiger partial charge on any atom is 0.250 e. The van der Waals surface area contributed by atoms with E-state index in [0.29, 0.717) is 23.8 Å². The molecule has 3 aromatic rings. The number of amides is 1. The lowest BCUT2D eigenvalue weighted by Crippen LogP contribution is -2.24. The fourth-order valence-corrected chi connectivity index (χ4v) is 5.66. The molecule has 8 heteroatoms. The Bertz CT molecular complexity index is 1200. The van der Waals surface area contributed by atoms with E-state index in [-0.39, 0.29) is 11.7 Å². The first-order chi connectivity index (χ1) is 14.9. The molecule has 2 heterocycles. The third-order valence-electron chi connectivity index (χ3n) is 5.10. The summed E-state index contributed by atoms with van der Waals surface area (Å²) in [6, 6.07) is 15.4. The Morgan fingerprint density at radius 2 is 1.90 bits per heavy atom. The number of benzene rings is 2. The van der Waals surface area contributed by atoms with Gasteiger partial charge in [-0.3, -0.25) is 14.4 Å². The molecule has 1 amide bonds. The van der Waals surface area contributed by atoms with Gasteiger partial charge in [-0.15, -0.1) is 11.3 Å². The van der Waals surface area contributed by atoms with Crippen LogP contribution in [0.1, 0.15) is 24.5 Å². The van der Waals surface area contributed by atoms with Crippen LogP contribution in [0.4, 0.5) is 10.8 Å². The highest BCUT2D eigenvalue weighted by atomic mass is 32.2. The SMILES string of the molecule is CCc1ccc(-c2csc(NC(=O)/C=C/c3ccc(N4CCCS4(=O)=O)cc3)n2)cc1. The van der Waals surface area contributed by atoms with Gasteiger partial charge < -0.3 is 0 Å². The summed E-state index contributed by atoms with van der Waals surface area (Å²) in [5, 5.41) is 5.25. The van der Waals surface area contributed by atoms with Crippen molar-refractivity contribution in [3.05, 3.63) is 71.1 Å². The van der Waals surface area contributed by atoms with Gasteiger partial charge >= 0.3 is 0 Å². The van der Waals surface area contributed by atoms with Crippen LogP contribution in [0.3, 0.4) is 0 Å². The predicted octanol–water partition coefficient (Wildman–Crippen LogP) is 4.56. The second-order valence-corrected chi connectivity index (χ2v) is 10.1. The van der Waals surface area contributed by atoms with E-state index in [9.17, 15) is 13.2 Å². The van der Waals surface area contributed by atoms with Crippen LogP contribution < -0.4 is 9.62 Å². The molecule has 1 aromatic heterocycles. The van der Waals surface area contributed by atoms with E-state index in [4.69, 9.17) is 0 Å². The average molecular weight is 454 g/mol. The van der Waals surface area contributed by atoms with Crippen molar-refractivity contribution in [2.45, 2.75) is 19.8 Å². The lowest BCUT2D eigenvalue weighted by molar-refractivity contribution is -0.111. The number of thiazole rings is 1. The minimum Gasteiger partial charge on any atom is -0.298 e. The summed E-state index contributed by atoms with van der Waals surface area (Å²) in [5.74, 6) is -0.0782. The molecule has 0 aliphatic carbocycles. The third-order valence-corrected chi connectivity index (χ3v) is 7.73. The molecule has 0 spiro atoms. The second-order valence-electron chi connectivity index (χ2n) is 7.24. The Morgan fingerprint density at radius 3 is 2.55 bits per heavy atom. The van der Waals surface area contributed by atoms with E-state index in [2.05, 4.69) is 29.4 Å². The summed E-state index contributed by atoms with van der Waals surface area (Å²) in [6.07, 6.45) is 4.77. The number of aryl methyl sites for hydroxylation is 1. The summed E-state index contributed by atoms with van der Waals surface area (Å²) in [6.45, 7) is 2.63. The molecular weight excluding hydrogens is 430 g/mol. The highest BCUT2D eigenvalue weighted by molar-refractivity contribution is 7.93. The summed E-state index contributed by atoms with van der Waals surface area (Å²) in [7, 11) is -3.19. The summed E-state index contributed by atoms with van der Waals surface area (Å²) >= 11 is 1.38. The molecule has 4 rings (SSSR count). The topological polar surface area (TPSA) is 79.4 Å². The molecule has 1 saturated heterocycles. The van der Waals surface area contributed by atoms with Gasteiger partial charge in [-0.05, 0) is 42.2 Å². The van der Waals surface area contributed by atoms with Crippen molar-refractivity contribution in [2.75, 3.05) is 21.9 Å². The van der Waals surface area contributed by atoms with Crippen molar-refractivity contribution in [1.29, 1.82) is 0 Å². The number of carbonyl (C=O) groups is 1. The van der Waals surface area contributed by atoms with Crippen molar-refractivity contribution in [3.8, 4) is 11.3 Å². The fourth-order valence-electron chi connectivity index (χ4n) is 3.38. The molecule has 1 N–H and O–H groups in total. The number of rotatable bonds is 6. The number of anilines is 2. The van der Waals surface area contributed by atoms with Crippen molar-refractivity contribution in [1.82, 2.24) is 4.98 Å². The lowest BCUT2D eigenvalue weighted by atomic mass is 10.1. The minimum atomic E-state index is -3.19. The first-order valence-corrected chi connectivity index (χ1v) is 12.6. The highest BCUT2D eigenvalue weighted by Gasteiger charge is 2.28. The van der Waals surface area contributed by atoms with Crippen LogP contribution in [-0.4, -0.2) is 31.6 Å². The fraction of sp³-hybridized carbons (Fsp3) is 0.217. The van der Waals surface area contributed by atoms with E-state index >= 15 is 0 Å². The molecule has 0 atom stereocenters. The van der Waals surface area contributed by atoms with Crippen LogP contribution in [0.15, 0.2) is 60.0 Å². The Kier molecular flexibility index (Phi) is 6.20. The molecule has 1 aliphatic heterocycles. The molecule has 0 saturated carbocycles. The van der Waals surface area contributed by atoms with Gasteiger partial charge in [0.15, 0.2) is 5.13 Å². The average Bonchev–Trinajstić information content (AvgIpc) is 3.38. The van der Waals surface area contributed by atoms with Gasteiger partial charge in [0.25, 0.3) is 0 Å². The van der Waals surface area contributed by atoms with Gasteiger partial charge in [-0.25, -0.2) is 13.4 Å². The number of nitrogens with zero attached hydrogens (tertiary/aromatic N) is 2. The molecular formula is C23H23N3O3S2. The van der Waals surface area contributed by atoms with E-state index in [1.807, 2.05) is 17.5 Å². The van der Waals surface area contributed by atoms with Crippen LogP contribution in [0.25, 0.3) is 17.3 Å². The van der Waals surface area contributed by atoms with E-state index in [1.54, 1.807) is 30.3 Å². The molecule has 160 valence electrons. The Hall–Kier alpha value is -2.97. The highest BCUT2D eigenvalue weighted by Crippen LogP contribution is 2.26. The van der Waals surface area contributed by atoms with Crippen LogP contribution in [0.5, 0.6) is 0 Å². The van der Waals surface area contributed by atoms with Crippen LogP contribution in [0, 0.1) is 0 Å². The van der Waals surface area contributed by atoms with Crippen molar-refractivity contribution >= 4 is 44.2 Å². The molecule has 1 fully saturated rings. The summed E-state index contributed by atoms with van der Waals surface area (Å²) in [4.78, 5) is 16.7. The summed E-state index contributed by atoms with van der Waals surface area (Å²) < 4.78 is 25.5. The first kappa shape index (κ1) is 21.3. The molecule has 31 heavy (non-hydrogen) atoms. The number of sulfonamides is 1. The minimum absolute atomic E-state index is 0.192. The van der Waals surface area contributed by atoms with Crippen molar-refractivity contribution < 1.29 is 13.2 Å². The van der Waals surface area contributed by atoms with E-state index < -0.39 is 10.0 Å². The number of nitrogens with one attached hydrogen (secondary N) is 1. The Labute approximate surface area is 186 Å². The van der Waals surface area contributed by atoms with Crippen LogP contribution in [0.2, 0.25) is 0 Å². The number of hydrogen-bond donors (Lipinski definition) is 1. The molecule has 1 aliphatic rings. The van der Waals surface area contributed by atoms with Gasteiger partial charge in [0.05, 0.1) is 17.1 Å². The lowest BCUT2D eigenvalue weighted by Gasteiger charge is -2.16.